The smallest absolute Gasteiger partial charge is 0.315 e. The summed E-state index contributed by atoms with van der Waals surface area (Å²) in [6, 6.07) is 2.12. The topological polar surface area (TPSA) is 63.1 Å². The second-order valence-corrected chi connectivity index (χ2v) is 5.16. The quantitative estimate of drug-likeness (QED) is 0.617. The zero-order valence-electron chi connectivity index (χ0n) is 12.0. The van der Waals surface area contributed by atoms with Crippen molar-refractivity contribution in [1.29, 1.82) is 0 Å². The minimum Gasteiger partial charge on any atom is -0.345 e. The van der Waals surface area contributed by atoms with Crippen LogP contribution in [0, 0.1) is 13.8 Å². The fraction of sp³-hybridized carbons (Fsp3) is 0.467. The van der Waals surface area contributed by atoms with E-state index in [1.807, 2.05) is 19.9 Å². The van der Waals surface area contributed by atoms with Gasteiger partial charge in [-0.3, -0.25) is 4.79 Å². The molecular formula is C15H21N3O2. The molecule has 0 atom stereocenters. The first kappa shape index (κ1) is 14.4. The van der Waals surface area contributed by atoms with E-state index >= 15 is 0 Å². The van der Waals surface area contributed by atoms with Crippen molar-refractivity contribution in [1.82, 2.24) is 15.2 Å². The van der Waals surface area contributed by atoms with E-state index in [9.17, 15) is 9.59 Å². The van der Waals surface area contributed by atoms with E-state index in [2.05, 4.69) is 21.8 Å². The molecule has 1 heterocycles. The van der Waals surface area contributed by atoms with Gasteiger partial charge in [-0.25, -0.2) is 4.79 Å². The number of rotatable bonds is 6. The van der Waals surface area contributed by atoms with Crippen molar-refractivity contribution in [2.45, 2.75) is 32.7 Å². The third kappa shape index (κ3) is 3.10. The van der Waals surface area contributed by atoms with E-state index in [1.54, 1.807) is 6.08 Å². The highest BCUT2D eigenvalue weighted by Gasteiger charge is 2.28. The lowest BCUT2D eigenvalue weighted by Gasteiger charge is -2.08. The molecule has 0 aromatic carbocycles. The second-order valence-electron chi connectivity index (χ2n) is 5.16. The molecule has 20 heavy (non-hydrogen) atoms. The largest absolute Gasteiger partial charge is 0.345 e. The molecule has 108 valence electrons. The summed E-state index contributed by atoms with van der Waals surface area (Å²) in [5, 5.41) is 5.13. The summed E-state index contributed by atoms with van der Waals surface area (Å²) in [4.78, 5) is 23.6. The second kappa shape index (κ2) is 5.94. The maximum atomic E-state index is 12.2. The average Bonchev–Trinajstić information content (AvgIpc) is 3.20. The maximum absolute atomic E-state index is 12.2. The Hall–Kier alpha value is -2.04. The van der Waals surface area contributed by atoms with Gasteiger partial charge in [0.05, 0.1) is 6.54 Å². The van der Waals surface area contributed by atoms with E-state index < -0.39 is 0 Å². The lowest BCUT2D eigenvalue weighted by atomic mass is 10.1. The average molecular weight is 275 g/mol. The van der Waals surface area contributed by atoms with Crippen LogP contribution >= 0.6 is 0 Å². The zero-order valence-corrected chi connectivity index (χ0v) is 12.0. The van der Waals surface area contributed by atoms with E-state index in [0.717, 1.165) is 11.4 Å². The molecule has 0 bridgehead atoms. The molecular weight excluding hydrogens is 254 g/mol. The maximum Gasteiger partial charge on any atom is 0.315 e. The molecule has 2 N–H and O–H groups in total. The van der Waals surface area contributed by atoms with Crippen molar-refractivity contribution >= 4 is 11.8 Å². The summed E-state index contributed by atoms with van der Waals surface area (Å²) in [7, 11) is 0. The molecule has 1 aliphatic carbocycles. The van der Waals surface area contributed by atoms with Gasteiger partial charge in [-0.2, -0.15) is 0 Å². The predicted octanol–water partition coefficient (Wildman–Crippen LogP) is 2.11. The van der Waals surface area contributed by atoms with Crippen LogP contribution in [0.1, 0.15) is 40.6 Å². The fourth-order valence-corrected chi connectivity index (χ4v) is 2.44. The number of aromatic nitrogens is 1. The van der Waals surface area contributed by atoms with Gasteiger partial charge in [0.1, 0.15) is 0 Å². The van der Waals surface area contributed by atoms with Crippen molar-refractivity contribution in [3.8, 4) is 0 Å². The van der Waals surface area contributed by atoms with Crippen LogP contribution in [0.25, 0.3) is 0 Å². The molecule has 1 aromatic heterocycles. The highest BCUT2D eigenvalue weighted by Crippen LogP contribution is 2.38. The van der Waals surface area contributed by atoms with Crippen molar-refractivity contribution in [3.05, 3.63) is 35.7 Å². The Bertz CT molecular complexity index is 542. The van der Waals surface area contributed by atoms with Crippen LogP contribution in [0.3, 0.4) is 0 Å². The first-order valence-electron chi connectivity index (χ1n) is 6.88. The Morgan fingerprint density at radius 2 is 2.10 bits per heavy atom. The molecule has 5 heteroatoms. The Morgan fingerprint density at radius 3 is 2.70 bits per heavy atom. The molecule has 0 spiro atoms. The SMILES string of the molecule is C=CCNC(=O)NCC(=O)c1cc(C)n(C2CC2)c1C. The molecule has 1 aromatic rings. The molecule has 2 rings (SSSR count). The van der Waals surface area contributed by atoms with Gasteiger partial charge in [-0.05, 0) is 32.8 Å². The molecule has 1 saturated carbocycles. The normalized spacial score (nSPS) is 13.9. The van der Waals surface area contributed by atoms with E-state index in [-0.39, 0.29) is 18.4 Å². The molecule has 1 aliphatic rings. The first-order chi connectivity index (χ1) is 9.54. The van der Waals surface area contributed by atoms with E-state index in [1.165, 1.54) is 12.8 Å². The van der Waals surface area contributed by atoms with E-state index in [4.69, 9.17) is 0 Å². The van der Waals surface area contributed by atoms with Crippen molar-refractivity contribution in [2.75, 3.05) is 13.1 Å². The van der Waals surface area contributed by atoms with Crippen LogP contribution in [0.2, 0.25) is 0 Å². The number of nitrogens with zero attached hydrogens (tertiary/aromatic N) is 1. The Labute approximate surface area is 119 Å². The standard InChI is InChI=1S/C15H21N3O2/c1-4-7-16-15(20)17-9-14(19)13-8-10(2)18(11(13)3)12-5-6-12/h4,8,12H,1,5-7,9H2,2-3H3,(H2,16,17,20). The first-order valence-corrected chi connectivity index (χ1v) is 6.88. The van der Waals surface area contributed by atoms with E-state index in [0.29, 0.717) is 18.2 Å². The molecule has 0 saturated heterocycles. The van der Waals surface area contributed by atoms with Gasteiger partial charge in [0, 0.05) is 29.5 Å². The Balaban J connectivity index is 1.97. The lowest BCUT2D eigenvalue weighted by Crippen LogP contribution is -2.38. The van der Waals surface area contributed by atoms with Gasteiger partial charge >= 0.3 is 6.03 Å². The minimum atomic E-state index is -0.353. The van der Waals surface area contributed by atoms with Crippen molar-refractivity contribution in [2.24, 2.45) is 0 Å². The molecule has 0 aliphatic heterocycles. The number of carbonyl (C=O) groups excluding carboxylic acids is 2. The predicted molar refractivity (Wildman–Crippen MR) is 78.1 cm³/mol. The van der Waals surface area contributed by atoms with Gasteiger partial charge in [0.2, 0.25) is 0 Å². The lowest BCUT2D eigenvalue weighted by molar-refractivity contribution is 0.0991. The number of aryl methyl sites for hydroxylation is 1. The summed E-state index contributed by atoms with van der Waals surface area (Å²) < 4.78 is 2.23. The van der Waals surface area contributed by atoms with Crippen LogP contribution < -0.4 is 10.6 Å². The van der Waals surface area contributed by atoms with Crippen molar-refractivity contribution < 1.29 is 9.59 Å². The van der Waals surface area contributed by atoms with Crippen LogP contribution in [0.15, 0.2) is 18.7 Å². The number of hydrogen-bond donors (Lipinski definition) is 2. The minimum absolute atomic E-state index is 0.0118. The summed E-state index contributed by atoms with van der Waals surface area (Å²) in [5.41, 5.74) is 2.83. The summed E-state index contributed by atoms with van der Waals surface area (Å²) in [5.74, 6) is -0.0567. The van der Waals surface area contributed by atoms with Gasteiger partial charge < -0.3 is 15.2 Å². The molecule has 2 amide bonds. The Kier molecular flexibility index (Phi) is 4.27. The van der Waals surface area contributed by atoms with Crippen LogP contribution in [0.4, 0.5) is 4.79 Å². The van der Waals surface area contributed by atoms with Gasteiger partial charge in [0.15, 0.2) is 5.78 Å². The number of nitrogens with one attached hydrogen (secondary N) is 2. The van der Waals surface area contributed by atoms with Gasteiger partial charge in [0.25, 0.3) is 0 Å². The number of hydrogen-bond acceptors (Lipinski definition) is 2. The summed E-state index contributed by atoms with van der Waals surface area (Å²) >= 11 is 0. The monoisotopic (exact) mass is 275 g/mol. The zero-order chi connectivity index (χ0) is 14.7. The molecule has 0 radical (unpaired) electrons. The molecule has 0 unspecified atom stereocenters. The van der Waals surface area contributed by atoms with Crippen LogP contribution in [-0.4, -0.2) is 29.5 Å². The molecule has 1 fully saturated rings. The summed E-state index contributed by atoms with van der Waals surface area (Å²) in [6.45, 7) is 7.90. The Morgan fingerprint density at radius 1 is 1.40 bits per heavy atom. The van der Waals surface area contributed by atoms with Gasteiger partial charge in [-0.15, -0.1) is 6.58 Å². The number of carbonyl (C=O) groups is 2. The van der Waals surface area contributed by atoms with Crippen LogP contribution in [0.5, 0.6) is 0 Å². The number of Topliss-reactive ketones (excluding diaryl/α,β-unsaturated/α-hetero) is 1. The van der Waals surface area contributed by atoms with Crippen LogP contribution in [-0.2, 0) is 0 Å². The van der Waals surface area contributed by atoms with Gasteiger partial charge in [-0.1, -0.05) is 6.08 Å². The number of ketones is 1. The number of amides is 2. The third-order valence-corrected chi connectivity index (χ3v) is 3.51. The third-order valence-electron chi connectivity index (χ3n) is 3.51. The fourth-order valence-electron chi connectivity index (χ4n) is 2.44. The highest BCUT2D eigenvalue weighted by molar-refractivity contribution is 6.00. The number of urea groups is 1. The van der Waals surface area contributed by atoms with Crippen molar-refractivity contribution in [3.63, 3.8) is 0 Å². The highest BCUT2D eigenvalue weighted by atomic mass is 16.2. The summed E-state index contributed by atoms with van der Waals surface area (Å²) in [6.07, 6.45) is 3.96. The molecule has 5 nitrogen and oxygen atoms in total.